The van der Waals surface area contributed by atoms with Gasteiger partial charge in [-0.05, 0) is 30.3 Å². The second-order valence-electron chi connectivity index (χ2n) is 4.66. The molecule has 0 bridgehead atoms. The van der Waals surface area contributed by atoms with Crippen LogP contribution in [0.3, 0.4) is 0 Å². The van der Waals surface area contributed by atoms with Crippen molar-refractivity contribution in [2.75, 3.05) is 6.54 Å². The summed E-state index contributed by atoms with van der Waals surface area (Å²) in [5.74, 6) is -2.88. The first-order valence-corrected chi connectivity index (χ1v) is 6.47. The first kappa shape index (κ1) is 17.4. The van der Waals surface area contributed by atoms with Crippen LogP contribution in [0, 0.1) is 15.9 Å². The van der Waals surface area contributed by atoms with Crippen molar-refractivity contribution in [2.45, 2.75) is 6.18 Å². The molecule has 2 aromatic carbocycles. The molecule has 0 spiro atoms. The van der Waals surface area contributed by atoms with Crippen molar-refractivity contribution in [3.8, 4) is 11.5 Å². The smallest absolute Gasteiger partial charge is 0.416 e. The number of nitrogens with zero attached hydrogens (tertiary/aromatic N) is 1. The lowest BCUT2D eigenvalue weighted by atomic mass is 10.1. The molecule has 0 amide bonds. The third-order valence-electron chi connectivity index (χ3n) is 2.94. The Balaban J connectivity index is 2.32. The minimum Gasteiger partial charge on any atom is -0.454 e. The molecular formula is C15H9F4NO4. The summed E-state index contributed by atoms with van der Waals surface area (Å²) >= 11 is 0. The number of hydrogen-bond donors (Lipinski definition) is 0. The van der Waals surface area contributed by atoms with Gasteiger partial charge in [0.2, 0.25) is 5.78 Å². The third kappa shape index (κ3) is 4.06. The molecule has 2 rings (SSSR count). The van der Waals surface area contributed by atoms with Gasteiger partial charge in [0.25, 0.3) is 6.54 Å². The number of para-hydroxylation sites is 1. The number of Topliss-reactive ketones (excluding diaryl/α,β-unsaturated/α-hetero) is 1. The van der Waals surface area contributed by atoms with E-state index in [0.717, 1.165) is 6.07 Å². The Hall–Kier alpha value is -2.97. The number of rotatable bonds is 5. The zero-order chi connectivity index (χ0) is 17.9. The molecule has 24 heavy (non-hydrogen) atoms. The van der Waals surface area contributed by atoms with Gasteiger partial charge >= 0.3 is 6.18 Å². The first-order valence-electron chi connectivity index (χ1n) is 6.47. The zero-order valence-corrected chi connectivity index (χ0v) is 11.8. The molecule has 5 nitrogen and oxygen atoms in total. The molecule has 0 saturated carbocycles. The standard InChI is InChI=1S/C15H9F4NO4/c16-11-7-9(15(17,18)19)5-6-14(11)24-13-4-2-1-3-10(13)12(21)8-20(22)23/h1-7H,8H2. The highest BCUT2D eigenvalue weighted by molar-refractivity contribution is 5.99. The molecule has 126 valence electrons. The lowest BCUT2D eigenvalue weighted by Crippen LogP contribution is -2.14. The van der Waals surface area contributed by atoms with Gasteiger partial charge in [-0.3, -0.25) is 14.9 Å². The maximum absolute atomic E-state index is 13.8. The fourth-order valence-corrected chi connectivity index (χ4v) is 1.87. The normalized spacial score (nSPS) is 11.2. The topological polar surface area (TPSA) is 69.4 Å². The fraction of sp³-hybridized carbons (Fsp3) is 0.133. The molecule has 0 aliphatic carbocycles. The summed E-state index contributed by atoms with van der Waals surface area (Å²) in [5.41, 5.74) is -1.36. The molecular weight excluding hydrogens is 334 g/mol. The van der Waals surface area contributed by atoms with Crippen LogP contribution in [0.4, 0.5) is 17.6 Å². The van der Waals surface area contributed by atoms with Crippen molar-refractivity contribution in [1.29, 1.82) is 0 Å². The molecule has 0 aliphatic rings. The highest BCUT2D eigenvalue weighted by Gasteiger charge is 2.31. The summed E-state index contributed by atoms with van der Waals surface area (Å²) in [5, 5.41) is 10.4. The fourth-order valence-electron chi connectivity index (χ4n) is 1.87. The maximum atomic E-state index is 13.8. The number of nitro groups is 1. The molecule has 0 aromatic heterocycles. The maximum Gasteiger partial charge on any atom is 0.416 e. The van der Waals surface area contributed by atoms with Crippen LogP contribution in [0.2, 0.25) is 0 Å². The Labute approximate surface area is 132 Å². The molecule has 0 aliphatic heterocycles. The van der Waals surface area contributed by atoms with Crippen LogP contribution in [-0.2, 0) is 6.18 Å². The predicted octanol–water partition coefficient (Wildman–Crippen LogP) is 4.10. The van der Waals surface area contributed by atoms with Crippen molar-refractivity contribution in [3.63, 3.8) is 0 Å². The van der Waals surface area contributed by atoms with Crippen LogP contribution in [-0.4, -0.2) is 17.3 Å². The van der Waals surface area contributed by atoms with Crippen molar-refractivity contribution >= 4 is 5.78 Å². The number of carbonyl (C=O) groups is 1. The quantitative estimate of drug-likeness (QED) is 0.355. The van der Waals surface area contributed by atoms with Gasteiger partial charge in [-0.1, -0.05) is 12.1 Å². The summed E-state index contributed by atoms with van der Waals surface area (Å²) in [6.07, 6.45) is -4.71. The lowest BCUT2D eigenvalue weighted by molar-refractivity contribution is -0.465. The number of alkyl halides is 3. The van der Waals surface area contributed by atoms with E-state index in [1.54, 1.807) is 0 Å². The summed E-state index contributed by atoms with van der Waals surface area (Å²) in [7, 11) is 0. The second kappa shape index (κ2) is 6.65. The molecule has 0 radical (unpaired) electrons. The van der Waals surface area contributed by atoms with Crippen LogP contribution < -0.4 is 4.74 Å². The van der Waals surface area contributed by atoms with Gasteiger partial charge in [-0.25, -0.2) is 4.39 Å². The van der Waals surface area contributed by atoms with Crippen molar-refractivity contribution < 1.29 is 32.0 Å². The Morgan fingerprint density at radius 3 is 2.38 bits per heavy atom. The summed E-state index contributed by atoms with van der Waals surface area (Å²) < 4.78 is 56.4. The van der Waals surface area contributed by atoms with Crippen molar-refractivity contribution in [1.82, 2.24) is 0 Å². The van der Waals surface area contributed by atoms with E-state index in [2.05, 4.69) is 0 Å². The van der Waals surface area contributed by atoms with Gasteiger partial charge < -0.3 is 4.74 Å². The predicted molar refractivity (Wildman–Crippen MR) is 74.1 cm³/mol. The van der Waals surface area contributed by atoms with Crippen LogP contribution >= 0.6 is 0 Å². The lowest BCUT2D eigenvalue weighted by Gasteiger charge is -2.12. The number of ether oxygens (including phenoxy) is 1. The van der Waals surface area contributed by atoms with Crippen molar-refractivity contribution in [3.05, 3.63) is 69.5 Å². The summed E-state index contributed by atoms with van der Waals surface area (Å²) in [6, 6.07) is 7.00. The Morgan fingerprint density at radius 1 is 1.12 bits per heavy atom. The van der Waals surface area contributed by atoms with Gasteiger partial charge in [-0.2, -0.15) is 13.2 Å². The molecule has 0 saturated heterocycles. The largest absolute Gasteiger partial charge is 0.454 e. The average molecular weight is 343 g/mol. The van der Waals surface area contributed by atoms with Crippen LogP contribution in [0.1, 0.15) is 15.9 Å². The molecule has 0 unspecified atom stereocenters. The number of hydrogen-bond acceptors (Lipinski definition) is 4. The number of carbonyl (C=O) groups excluding carboxylic acids is 1. The minimum atomic E-state index is -4.71. The molecule has 9 heteroatoms. The van der Waals surface area contributed by atoms with Gasteiger partial charge in [0.1, 0.15) is 5.75 Å². The number of benzene rings is 2. The van der Waals surface area contributed by atoms with E-state index in [9.17, 15) is 32.5 Å². The molecule has 0 fully saturated rings. The van der Waals surface area contributed by atoms with E-state index in [0.29, 0.717) is 6.07 Å². The Morgan fingerprint density at radius 2 is 1.79 bits per heavy atom. The Bertz CT molecular complexity index is 789. The Kier molecular flexibility index (Phi) is 4.82. The molecule has 2 aromatic rings. The first-order chi connectivity index (χ1) is 11.2. The van der Waals surface area contributed by atoms with Crippen LogP contribution in [0.15, 0.2) is 42.5 Å². The number of halogens is 4. The average Bonchev–Trinajstić information content (AvgIpc) is 2.48. The minimum absolute atomic E-state index is 0.173. The molecule has 0 heterocycles. The van der Waals surface area contributed by atoms with Gasteiger partial charge in [-0.15, -0.1) is 0 Å². The second-order valence-corrected chi connectivity index (χ2v) is 4.66. The molecule has 0 atom stereocenters. The highest BCUT2D eigenvalue weighted by atomic mass is 19.4. The summed E-state index contributed by atoms with van der Waals surface area (Å²) in [4.78, 5) is 21.4. The summed E-state index contributed by atoms with van der Waals surface area (Å²) in [6.45, 7) is -0.990. The zero-order valence-electron chi connectivity index (χ0n) is 11.8. The van der Waals surface area contributed by atoms with Crippen molar-refractivity contribution in [2.24, 2.45) is 0 Å². The van der Waals surface area contributed by atoms with E-state index in [1.807, 2.05) is 0 Å². The van der Waals surface area contributed by atoms with Gasteiger partial charge in [0.05, 0.1) is 11.1 Å². The van der Waals surface area contributed by atoms with E-state index in [1.165, 1.54) is 24.3 Å². The number of ketones is 1. The monoisotopic (exact) mass is 343 g/mol. The van der Waals surface area contributed by atoms with Crippen LogP contribution in [0.25, 0.3) is 0 Å². The van der Waals surface area contributed by atoms with Gasteiger partial charge in [0, 0.05) is 4.92 Å². The SMILES string of the molecule is O=C(C[N+](=O)[O-])c1ccccc1Oc1ccc(C(F)(F)F)cc1F. The van der Waals surface area contributed by atoms with E-state index < -0.39 is 40.6 Å². The molecule has 0 N–H and O–H groups in total. The highest BCUT2D eigenvalue weighted by Crippen LogP contribution is 2.34. The van der Waals surface area contributed by atoms with Gasteiger partial charge in [0.15, 0.2) is 11.6 Å². The van der Waals surface area contributed by atoms with E-state index in [4.69, 9.17) is 4.74 Å². The van der Waals surface area contributed by atoms with E-state index >= 15 is 0 Å². The van der Waals surface area contributed by atoms with Crippen LogP contribution in [0.5, 0.6) is 11.5 Å². The van der Waals surface area contributed by atoms with E-state index in [-0.39, 0.29) is 17.4 Å². The third-order valence-corrected chi connectivity index (χ3v) is 2.94.